The molecule has 26 heavy (non-hydrogen) atoms. The second kappa shape index (κ2) is 5.95. The molecule has 1 unspecified atom stereocenters. The van der Waals surface area contributed by atoms with Gasteiger partial charge in [0.25, 0.3) is 0 Å². The van der Waals surface area contributed by atoms with Gasteiger partial charge in [-0.15, -0.1) is 0 Å². The van der Waals surface area contributed by atoms with Crippen LogP contribution in [0.25, 0.3) is 5.69 Å². The summed E-state index contributed by atoms with van der Waals surface area (Å²) in [6, 6.07) is 13.4. The van der Waals surface area contributed by atoms with Gasteiger partial charge in [-0.25, -0.2) is 4.68 Å². The van der Waals surface area contributed by atoms with E-state index in [0.29, 0.717) is 11.4 Å². The second-order valence-corrected chi connectivity index (χ2v) is 6.75. The number of carbonyl (C=O) groups is 2. The average molecular weight is 345 g/mol. The molecule has 5 nitrogen and oxygen atoms in total. The van der Waals surface area contributed by atoms with Crippen LogP contribution < -0.4 is 5.32 Å². The molecular weight excluding hydrogens is 326 g/mol. The van der Waals surface area contributed by atoms with Crippen LogP contribution in [-0.4, -0.2) is 21.5 Å². The Morgan fingerprint density at radius 1 is 1.00 bits per heavy atom. The summed E-state index contributed by atoms with van der Waals surface area (Å²) in [5, 5.41) is 7.22. The van der Waals surface area contributed by atoms with Crippen LogP contribution in [0.5, 0.6) is 0 Å². The van der Waals surface area contributed by atoms with Crippen molar-refractivity contribution in [1.82, 2.24) is 9.78 Å². The predicted octanol–water partition coefficient (Wildman–Crippen LogP) is 3.72. The van der Waals surface area contributed by atoms with Crippen LogP contribution in [-0.2, 0) is 4.79 Å². The number of aryl methyl sites for hydroxylation is 3. The molecule has 0 bridgehead atoms. The topological polar surface area (TPSA) is 64.0 Å². The number of nitrogens with zero attached hydrogens (tertiary/aromatic N) is 2. The van der Waals surface area contributed by atoms with E-state index in [0.717, 1.165) is 27.9 Å². The molecule has 0 saturated carbocycles. The van der Waals surface area contributed by atoms with E-state index in [1.54, 1.807) is 4.68 Å². The maximum absolute atomic E-state index is 13.1. The van der Waals surface area contributed by atoms with Gasteiger partial charge >= 0.3 is 0 Å². The van der Waals surface area contributed by atoms with Crippen molar-refractivity contribution < 1.29 is 9.59 Å². The van der Waals surface area contributed by atoms with Gasteiger partial charge in [0.1, 0.15) is 11.7 Å². The molecule has 130 valence electrons. The zero-order valence-corrected chi connectivity index (χ0v) is 14.9. The molecule has 1 aromatic heterocycles. The minimum atomic E-state index is -0.837. The Hall–Kier alpha value is -3.21. The largest absolute Gasteiger partial charge is 0.309 e. The van der Waals surface area contributed by atoms with E-state index in [1.165, 1.54) is 6.20 Å². The summed E-state index contributed by atoms with van der Waals surface area (Å²) in [7, 11) is 0. The van der Waals surface area contributed by atoms with Gasteiger partial charge in [0.05, 0.1) is 17.4 Å². The summed E-state index contributed by atoms with van der Waals surface area (Å²) in [5.74, 6) is -0.919. The molecule has 1 aliphatic heterocycles. The first-order chi connectivity index (χ1) is 12.5. The summed E-state index contributed by atoms with van der Waals surface area (Å²) in [4.78, 5) is 26.0. The van der Waals surface area contributed by atoms with Crippen LogP contribution in [0.4, 0.5) is 5.82 Å². The number of Topliss-reactive ketones (excluding diaryl/α,β-unsaturated/α-hetero) is 1. The Kier molecular flexibility index (Phi) is 3.72. The number of ketones is 1. The van der Waals surface area contributed by atoms with Crippen molar-refractivity contribution in [3.63, 3.8) is 0 Å². The molecule has 4 rings (SSSR count). The third-order valence-corrected chi connectivity index (χ3v) is 4.83. The number of amides is 1. The molecule has 0 fully saturated rings. The minimum Gasteiger partial charge on any atom is -0.309 e. The molecule has 1 aliphatic rings. The molecule has 1 atom stereocenters. The fourth-order valence-corrected chi connectivity index (χ4v) is 3.79. The van der Waals surface area contributed by atoms with Crippen LogP contribution in [0, 0.1) is 20.8 Å². The van der Waals surface area contributed by atoms with Gasteiger partial charge in [0.15, 0.2) is 5.78 Å². The number of anilines is 1. The maximum atomic E-state index is 13.1. The van der Waals surface area contributed by atoms with E-state index in [-0.39, 0.29) is 11.7 Å². The smallest absolute Gasteiger partial charge is 0.241 e. The van der Waals surface area contributed by atoms with Gasteiger partial charge in [-0.05, 0) is 49.6 Å². The van der Waals surface area contributed by atoms with Crippen LogP contribution in [0.15, 0.2) is 48.7 Å². The highest BCUT2D eigenvalue weighted by Crippen LogP contribution is 2.35. The molecule has 5 heteroatoms. The van der Waals surface area contributed by atoms with E-state index in [2.05, 4.69) is 10.4 Å². The number of fused-ring (bicyclic) bond motifs is 1. The number of rotatable bonds is 2. The van der Waals surface area contributed by atoms with Crippen molar-refractivity contribution in [2.75, 3.05) is 5.32 Å². The molecule has 0 spiro atoms. The Balaban J connectivity index is 1.82. The zero-order valence-electron chi connectivity index (χ0n) is 14.9. The lowest BCUT2D eigenvalue weighted by atomic mass is 9.82. The SMILES string of the molecule is Cc1cc(C)c(C2C(=O)Nc3c(cnn3-c3ccccc3)C2=O)c(C)c1. The van der Waals surface area contributed by atoms with Crippen LogP contribution in [0.1, 0.15) is 38.5 Å². The Morgan fingerprint density at radius 2 is 1.65 bits per heavy atom. The molecular formula is C21H19N3O2. The monoisotopic (exact) mass is 345 g/mol. The first kappa shape index (κ1) is 16.3. The van der Waals surface area contributed by atoms with E-state index in [4.69, 9.17) is 0 Å². The van der Waals surface area contributed by atoms with Crippen LogP contribution in [0.2, 0.25) is 0 Å². The van der Waals surface area contributed by atoms with E-state index >= 15 is 0 Å². The summed E-state index contributed by atoms with van der Waals surface area (Å²) in [6.07, 6.45) is 1.54. The molecule has 1 amide bonds. The van der Waals surface area contributed by atoms with Crippen LogP contribution in [0.3, 0.4) is 0 Å². The molecule has 0 saturated heterocycles. The number of aromatic nitrogens is 2. The summed E-state index contributed by atoms with van der Waals surface area (Å²) in [5.41, 5.74) is 5.05. The Morgan fingerprint density at radius 3 is 2.31 bits per heavy atom. The first-order valence-electron chi connectivity index (χ1n) is 8.53. The molecule has 2 aromatic carbocycles. The number of carbonyl (C=O) groups excluding carboxylic acids is 2. The van der Waals surface area contributed by atoms with Gasteiger partial charge in [-0.2, -0.15) is 5.10 Å². The van der Waals surface area contributed by atoms with Gasteiger partial charge in [-0.3, -0.25) is 9.59 Å². The number of para-hydroxylation sites is 1. The van der Waals surface area contributed by atoms with Crippen LogP contribution >= 0.6 is 0 Å². The average Bonchev–Trinajstić information content (AvgIpc) is 3.01. The Labute approximate surface area is 151 Å². The van der Waals surface area contributed by atoms with Crippen molar-refractivity contribution in [3.8, 4) is 5.69 Å². The van der Waals surface area contributed by atoms with Crippen molar-refractivity contribution in [1.29, 1.82) is 0 Å². The van der Waals surface area contributed by atoms with E-state index in [9.17, 15) is 9.59 Å². The zero-order chi connectivity index (χ0) is 18.4. The highest BCUT2D eigenvalue weighted by molar-refractivity contribution is 6.24. The van der Waals surface area contributed by atoms with Crippen molar-refractivity contribution in [2.24, 2.45) is 0 Å². The minimum absolute atomic E-state index is 0.207. The fourth-order valence-electron chi connectivity index (χ4n) is 3.79. The number of nitrogens with one attached hydrogen (secondary N) is 1. The molecule has 3 aromatic rings. The van der Waals surface area contributed by atoms with Crippen molar-refractivity contribution >= 4 is 17.5 Å². The summed E-state index contributed by atoms with van der Waals surface area (Å²) < 4.78 is 1.59. The summed E-state index contributed by atoms with van der Waals surface area (Å²) >= 11 is 0. The summed E-state index contributed by atoms with van der Waals surface area (Å²) in [6.45, 7) is 5.89. The number of hydrogen-bond donors (Lipinski definition) is 1. The predicted molar refractivity (Wildman–Crippen MR) is 99.9 cm³/mol. The highest BCUT2D eigenvalue weighted by atomic mass is 16.2. The molecule has 0 radical (unpaired) electrons. The van der Waals surface area contributed by atoms with Crippen molar-refractivity contribution in [3.05, 3.63) is 76.5 Å². The van der Waals surface area contributed by atoms with Gasteiger partial charge in [-0.1, -0.05) is 35.9 Å². The van der Waals surface area contributed by atoms with Gasteiger partial charge in [0.2, 0.25) is 5.91 Å². The van der Waals surface area contributed by atoms with Gasteiger partial charge < -0.3 is 5.32 Å². The normalized spacial score (nSPS) is 16.3. The standard InChI is InChI=1S/C21H19N3O2/c1-12-9-13(2)17(14(3)10-12)18-19(25)16-11-22-24(20(16)23-21(18)26)15-7-5-4-6-8-15/h4-11,18H,1-3H3,(H,23,26). The molecule has 1 N–H and O–H groups in total. The number of benzene rings is 2. The van der Waals surface area contributed by atoms with E-state index < -0.39 is 5.92 Å². The second-order valence-electron chi connectivity index (χ2n) is 6.75. The Bertz CT molecular complexity index is 1010. The molecule has 2 heterocycles. The third-order valence-electron chi connectivity index (χ3n) is 4.83. The van der Waals surface area contributed by atoms with E-state index in [1.807, 2.05) is 63.2 Å². The lowest BCUT2D eigenvalue weighted by Gasteiger charge is -2.25. The molecule has 0 aliphatic carbocycles. The quantitative estimate of drug-likeness (QED) is 0.720. The maximum Gasteiger partial charge on any atom is 0.241 e. The first-order valence-corrected chi connectivity index (χ1v) is 8.53. The highest BCUT2D eigenvalue weighted by Gasteiger charge is 2.39. The fraction of sp³-hybridized carbons (Fsp3) is 0.190. The lowest BCUT2D eigenvalue weighted by molar-refractivity contribution is -0.116. The lowest BCUT2D eigenvalue weighted by Crippen LogP contribution is -2.35. The van der Waals surface area contributed by atoms with Gasteiger partial charge in [0, 0.05) is 0 Å². The number of hydrogen-bond acceptors (Lipinski definition) is 3. The van der Waals surface area contributed by atoms with Crippen molar-refractivity contribution in [2.45, 2.75) is 26.7 Å². The third kappa shape index (κ3) is 2.44.